The largest absolute Gasteiger partial charge is 0.463 e. The van der Waals surface area contributed by atoms with Crippen LogP contribution in [0.2, 0.25) is 0 Å². The summed E-state index contributed by atoms with van der Waals surface area (Å²) in [6.45, 7) is 4.29. The molecule has 5 nitrogen and oxygen atoms in total. The first kappa shape index (κ1) is 42.4. The Morgan fingerprint density at radius 2 is 0.886 bits per heavy atom. The van der Waals surface area contributed by atoms with Crippen molar-refractivity contribution in [1.82, 2.24) is 0 Å². The number of hydrogen-bond donors (Lipinski definition) is 1. The predicted octanol–water partition coefficient (Wildman–Crippen LogP) is 11.5. The summed E-state index contributed by atoms with van der Waals surface area (Å²) in [6.07, 6.45) is 41.2. The first-order valence-electron chi connectivity index (χ1n) is 18.9. The van der Waals surface area contributed by atoms with Crippen LogP contribution in [0.1, 0.15) is 194 Å². The lowest BCUT2D eigenvalue weighted by Crippen LogP contribution is -2.32. The lowest BCUT2D eigenvalue weighted by molar-refractivity contribution is -0.170. The van der Waals surface area contributed by atoms with Crippen LogP contribution in [-0.4, -0.2) is 36.4 Å². The topological polar surface area (TPSA) is 72.8 Å². The van der Waals surface area contributed by atoms with Crippen LogP contribution in [0.15, 0.2) is 24.3 Å². The van der Waals surface area contributed by atoms with Crippen LogP contribution in [0.25, 0.3) is 0 Å². The van der Waals surface area contributed by atoms with Gasteiger partial charge in [-0.1, -0.05) is 147 Å². The molecule has 0 aromatic rings. The zero-order valence-electron chi connectivity index (χ0n) is 29.2. The highest BCUT2D eigenvalue weighted by molar-refractivity contribution is 5.79. The number of allylic oxidation sites excluding steroid dienone is 4. The number of aliphatic hydroxyl groups is 1. The van der Waals surface area contributed by atoms with Gasteiger partial charge in [0.15, 0.2) is 0 Å². The smallest absolute Gasteiger partial charge is 0.349 e. The molecule has 0 radical (unpaired) electrons. The summed E-state index contributed by atoms with van der Waals surface area (Å²) < 4.78 is 10.4. The number of carbonyl (C=O) groups is 2. The molecule has 0 amide bonds. The fourth-order valence-electron chi connectivity index (χ4n) is 5.33. The van der Waals surface area contributed by atoms with Crippen molar-refractivity contribution in [2.45, 2.75) is 200 Å². The van der Waals surface area contributed by atoms with E-state index in [1.54, 1.807) is 0 Å². The molecular formula is C39H72O5. The van der Waals surface area contributed by atoms with Crippen LogP contribution in [0, 0.1) is 0 Å². The molecule has 0 heterocycles. The molecule has 1 atom stereocenters. The summed E-state index contributed by atoms with van der Waals surface area (Å²) in [5.41, 5.74) is 0. The second kappa shape index (κ2) is 35.9. The van der Waals surface area contributed by atoms with Gasteiger partial charge in [-0.3, -0.25) is 4.79 Å². The number of rotatable bonds is 34. The zero-order chi connectivity index (χ0) is 32.2. The Morgan fingerprint density at radius 3 is 1.30 bits per heavy atom. The normalized spacial score (nSPS) is 12.3. The third-order valence-corrected chi connectivity index (χ3v) is 8.25. The Balaban J connectivity index is 3.58. The van der Waals surface area contributed by atoms with Crippen molar-refractivity contribution in [2.75, 3.05) is 13.2 Å². The van der Waals surface area contributed by atoms with Crippen LogP contribution in [-0.2, 0) is 19.1 Å². The molecule has 1 N–H and O–H groups in total. The van der Waals surface area contributed by atoms with E-state index in [1.165, 1.54) is 128 Å². The molecule has 5 heteroatoms. The van der Waals surface area contributed by atoms with Crippen LogP contribution in [0.4, 0.5) is 0 Å². The van der Waals surface area contributed by atoms with E-state index >= 15 is 0 Å². The molecule has 0 rings (SSSR count). The van der Waals surface area contributed by atoms with Crippen molar-refractivity contribution in [3.05, 3.63) is 24.3 Å². The van der Waals surface area contributed by atoms with Crippen molar-refractivity contribution in [1.29, 1.82) is 0 Å². The maximum absolute atomic E-state index is 12.2. The molecule has 0 aliphatic carbocycles. The lowest BCUT2D eigenvalue weighted by atomic mass is 10.1. The van der Waals surface area contributed by atoms with Crippen LogP contribution < -0.4 is 0 Å². The molecule has 0 aromatic heterocycles. The van der Waals surface area contributed by atoms with Crippen molar-refractivity contribution in [2.24, 2.45) is 0 Å². The van der Waals surface area contributed by atoms with Gasteiger partial charge in [-0.15, -0.1) is 0 Å². The van der Waals surface area contributed by atoms with Gasteiger partial charge in [0.25, 0.3) is 0 Å². The highest BCUT2D eigenvalue weighted by Gasteiger charge is 2.23. The Kier molecular flexibility index (Phi) is 34.5. The number of hydrogen-bond acceptors (Lipinski definition) is 5. The van der Waals surface area contributed by atoms with E-state index in [4.69, 9.17) is 9.47 Å². The number of carbonyl (C=O) groups excluding carboxylic acids is 2. The fourth-order valence-corrected chi connectivity index (χ4v) is 5.33. The molecule has 258 valence electrons. The lowest BCUT2D eigenvalue weighted by Gasteiger charge is -2.14. The number of ether oxygens (including phenoxy) is 2. The van der Waals surface area contributed by atoms with Gasteiger partial charge in [-0.25, -0.2) is 4.79 Å². The molecule has 0 aliphatic heterocycles. The van der Waals surface area contributed by atoms with Crippen molar-refractivity contribution < 1.29 is 24.2 Å². The minimum Gasteiger partial charge on any atom is -0.463 e. The first-order valence-corrected chi connectivity index (χ1v) is 18.9. The fraction of sp³-hybridized carbons (Fsp3) is 0.846. The number of esters is 2. The van der Waals surface area contributed by atoms with E-state index in [0.717, 1.165) is 44.9 Å². The second-order valence-electron chi connectivity index (χ2n) is 12.6. The van der Waals surface area contributed by atoms with Gasteiger partial charge in [0.1, 0.15) is 0 Å². The number of aliphatic hydroxyl groups excluding tert-OH is 1. The Labute approximate surface area is 273 Å². The minimum atomic E-state index is -1.21. The van der Waals surface area contributed by atoms with E-state index < -0.39 is 24.6 Å². The summed E-state index contributed by atoms with van der Waals surface area (Å²) in [5.74, 6) is -1.07. The minimum absolute atomic E-state index is 0.275. The van der Waals surface area contributed by atoms with E-state index in [0.29, 0.717) is 6.61 Å². The Bertz CT molecular complexity index is 671. The average Bonchev–Trinajstić information content (AvgIpc) is 3.03. The maximum Gasteiger partial charge on any atom is 0.349 e. The van der Waals surface area contributed by atoms with Gasteiger partial charge in [0, 0.05) is 6.42 Å². The van der Waals surface area contributed by atoms with E-state index in [1.807, 2.05) is 0 Å². The highest BCUT2D eigenvalue weighted by Crippen LogP contribution is 2.12. The van der Waals surface area contributed by atoms with Crippen LogP contribution in [0.5, 0.6) is 0 Å². The molecule has 0 aromatic carbocycles. The summed E-state index contributed by atoms with van der Waals surface area (Å²) in [5, 5.41) is 9.50. The Hall–Kier alpha value is -1.62. The summed E-state index contributed by atoms with van der Waals surface area (Å²) in [4.78, 5) is 24.3. The van der Waals surface area contributed by atoms with Crippen molar-refractivity contribution in [3.8, 4) is 0 Å². The van der Waals surface area contributed by atoms with Gasteiger partial charge in [-0.05, 0) is 64.2 Å². The second-order valence-corrected chi connectivity index (χ2v) is 12.6. The summed E-state index contributed by atoms with van der Waals surface area (Å²) in [7, 11) is 0. The molecule has 0 spiro atoms. The van der Waals surface area contributed by atoms with Crippen molar-refractivity contribution in [3.63, 3.8) is 0 Å². The van der Waals surface area contributed by atoms with Gasteiger partial charge in [-0.2, -0.15) is 0 Å². The molecule has 0 aliphatic rings. The van der Waals surface area contributed by atoms with Gasteiger partial charge < -0.3 is 14.6 Å². The molecular weight excluding hydrogens is 548 g/mol. The maximum atomic E-state index is 12.2. The highest BCUT2D eigenvalue weighted by atomic mass is 16.6. The summed E-state index contributed by atoms with van der Waals surface area (Å²) in [6, 6.07) is 0. The Morgan fingerprint density at radius 1 is 0.523 bits per heavy atom. The van der Waals surface area contributed by atoms with Crippen molar-refractivity contribution >= 4 is 11.9 Å². The predicted molar refractivity (Wildman–Crippen MR) is 187 cm³/mol. The van der Waals surface area contributed by atoms with Gasteiger partial charge >= 0.3 is 11.9 Å². The quantitative estimate of drug-likeness (QED) is 0.0440. The number of unbranched alkanes of at least 4 members (excludes halogenated alkanes) is 23. The van der Waals surface area contributed by atoms with E-state index in [-0.39, 0.29) is 6.42 Å². The van der Waals surface area contributed by atoms with Crippen LogP contribution in [0.3, 0.4) is 0 Å². The SMILES string of the molecule is CCCCCCCCC=CCCCCCCCCOC(=O)C(CO)OC(=O)CCCCCCCC=CCCCCCCCC. The van der Waals surface area contributed by atoms with E-state index in [9.17, 15) is 14.7 Å². The zero-order valence-corrected chi connectivity index (χ0v) is 29.2. The van der Waals surface area contributed by atoms with Gasteiger partial charge in [0.2, 0.25) is 6.10 Å². The third-order valence-electron chi connectivity index (χ3n) is 8.25. The molecule has 44 heavy (non-hydrogen) atoms. The molecule has 0 saturated heterocycles. The average molecular weight is 621 g/mol. The third kappa shape index (κ3) is 31.8. The first-order chi connectivity index (χ1) is 21.7. The molecule has 0 saturated carbocycles. The molecule has 0 bridgehead atoms. The summed E-state index contributed by atoms with van der Waals surface area (Å²) >= 11 is 0. The monoisotopic (exact) mass is 621 g/mol. The van der Waals surface area contributed by atoms with E-state index in [2.05, 4.69) is 38.2 Å². The standard InChI is InChI=1S/C39H72O5/c1-3-5-7-9-11-13-15-17-19-21-23-25-27-29-31-33-35-43-39(42)37(36-40)44-38(41)34-32-30-28-26-24-22-20-18-16-14-12-10-8-6-4-2/h17-20,37,40H,3-16,21-36H2,1-2H3. The van der Waals surface area contributed by atoms with Crippen LogP contribution >= 0.6 is 0 Å². The molecule has 1 unspecified atom stereocenters. The molecule has 0 fully saturated rings. The van der Waals surface area contributed by atoms with Gasteiger partial charge in [0.05, 0.1) is 13.2 Å².